The second-order valence-corrected chi connectivity index (χ2v) is 6.30. The minimum Gasteiger partial charge on any atom is -0.287 e. The lowest BCUT2D eigenvalue weighted by Crippen LogP contribution is -2.60. The topological polar surface area (TPSA) is 76.5 Å². The molecule has 9 heteroatoms. The van der Waals surface area contributed by atoms with Crippen LogP contribution in [0.3, 0.4) is 0 Å². The molecule has 2 aliphatic heterocycles. The third kappa shape index (κ3) is 2.80. The maximum Gasteiger partial charge on any atom is 0.252 e. The van der Waals surface area contributed by atoms with Crippen LogP contribution in [-0.2, 0) is 14.4 Å². The van der Waals surface area contributed by atoms with Crippen LogP contribution in [0.15, 0.2) is 23.3 Å². The third-order valence-electron chi connectivity index (χ3n) is 4.24. The molecule has 26 heavy (non-hydrogen) atoms. The number of hydrogen-bond acceptors (Lipinski definition) is 5. The van der Waals surface area contributed by atoms with E-state index in [1.807, 2.05) is 0 Å². The zero-order chi connectivity index (χ0) is 19.0. The Balaban J connectivity index is 2.21. The van der Waals surface area contributed by atoms with E-state index >= 15 is 0 Å². The van der Waals surface area contributed by atoms with Crippen molar-refractivity contribution in [2.75, 3.05) is 16.6 Å². The minimum atomic E-state index is -0.299. The lowest BCUT2D eigenvalue weighted by Gasteiger charge is -2.42. The number of hydrazone groups is 1. The Kier molecular flexibility index (Phi) is 4.86. The number of rotatable bonds is 3. The number of carbonyl (C=O) groups is 3. The molecule has 2 heterocycles. The van der Waals surface area contributed by atoms with Crippen LogP contribution >= 0.6 is 11.6 Å². The van der Waals surface area contributed by atoms with E-state index in [1.54, 1.807) is 43.9 Å². The first-order valence-electron chi connectivity index (χ1n) is 8.54. The van der Waals surface area contributed by atoms with Crippen molar-refractivity contribution >= 4 is 46.7 Å². The normalized spacial score (nSPS) is 15.6. The summed E-state index contributed by atoms with van der Waals surface area (Å²) >= 11 is 6.14. The molecule has 0 radical (unpaired) electrons. The van der Waals surface area contributed by atoms with Crippen molar-refractivity contribution in [2.45, 2.75) is 40.0 Å². The molecule has 0 spiro atoms. The van der Waals surface area contributed by atoms with E-state index in [0.717, 1.165) is 0 Å². The van der Waals surface area contributed by atoms with Crippen LogP contribution in [0, 0.1) is 0 Å². The molecular weight excluding hydrogens is 358 g/mol. The highest BCUT2D eigenvalue weighted by molar-refractivity contribution is 6.31. The molecule has 3 amide bonds. The molecule has 0 bridgehead atoms. The quantitative estimate of drug-likeness (QED) is 0.811. The Morgan fingerprint density at radius 1 is 0.962 bits per heavy atom. The van der Waals surface area contributed by atoms with Crippen LogP contribution in [0.1, 0.15) is 40.0 Å². The molecule has 0 N–H and O–H groups in total. The summed E-state index contributed by atoms with van der Waals surface area (Å²) in [4.78, 5) is 39.2. The first-order valence-corrected chi connectivity index (χ1v) is 8.92. The maximum absolute atomic E-state index is 12.7. The van der Waals surface area contributed by atoms with Gasteiger partial charge in [0.15, 0.2) is 0 Å². The average molecular weight is 378 g/mol. The number of guanidine groups is 1. The Labute approximate surface area is 156 Å². The number of halogens is 1. The molecule has 138 valence electrons. The highest BCUT2D eigenvalue weighted by Crippen LogP contribution is 2.40. The predicted molar refractivity (Wildman–Crippen MR) is 98.3 cm³/mol. The van der Waals surface area contributed by atoms with Gasteiger partial charge >= 0.3 is 0 Å². The van der Waals surface area contributed by atoms with Crippen molar-refractivity contribution in [3.63, 3.8) is 0 Å². The molecule has 2 aliphatic rings. The van der Waals surface area contributed by atoms with Crippen molar-refractivity contribution in [3.8, 4) is 0 Å². The second kappa shape index (κ2) is 6.95. The van der Waals surface area contributed by atoms with Gasteiger partial charge in [-0.15, -0.1) is 5.10 Å². The van der Waals surface area contributed by atoms with Gasteiger partial charge in [-0.05, 0) is 18.2 Å². The number of hydrogen-bond donors (Lipinski definition) is 0. The first kappa shape index (κ1) is 18.2. The summed E-state index contributed by atoms with van der Waals surface area (Å²) in [6.07, 6.45) is 0.666. The minimum absolute atomic E-state index is 0.167. The van der Waals surface area contributed by atoms with E-state index in [1.165, 1.54) is 15.0 Å². The summed E-state index contributed by atoms with van der Waals surface area (Å²) < 4.78 is 0. The van der Waals surface area contributed by atoms with Gasteiger partial charge in [-0.1, -0.05) is 32.4 Å². The highest BCUT2D eigenvalue weighted by atomic mass is 35.5. The van der Waals surface area contributed by atoms with Gasteiger partial charge in [0, 0.05) is 24.3 Å². The van der Waals surface area contributed by atoms with E-state index < -0.39 is 0 Å². The predicted octanol–water partition coefficient (Wildman–Crippen LogP) is 2.54. The van der Waals surface area contributed by atoms with Crippen molar-refractivity contribution in [2.24, 2.45) is 5.10 Å². The van der Waals surface area contributed by atoms with E-state index in [9.17, 15) is 14.4 Å². The van der Waals surface area contributed by atoms with Crippen LogP contribution in [0.2, 0.25) is 5.02 Å². The third-order valence-corrected chi connectivity index (χ3v) is 4.48. The lowest BCUT2D eigenvalue weighted by molar-refractivity contribution is -0.132. The Morgan fingerprint density at radius 3 is 2.19 bits per heavy atom. The molecule has 0 atom stereocenters. The lowest BCUT2D eigenvalue weighted by atomic mass is 10.2. The fraction of sp³-hybridized carbons (Fsp3) is 0.412. The van der Waals surface area contributed by atoms with Crippen molar-refractivity contribution in [1.29, 1.82) is 0 Å². The smallest absolute Gasteiger partial charge is 0.252 e. The van der Waals surface area contributed by atoms with E-state index in [4.69, 9.17) is 11.6 Å². The van der Waals surface area contributed by atoms with E-state index in [-0.39, 0.29) is 49.6 Å². The van der Waals surface area contributed by atoms with Gasteiger partial charge in [0.1, 0.15) is 6.67 Å². The van der Waals surface area contributed by atoms with Crippen LogP contribution in [0.4, 0.5) is 11.4 Å². The number of amides is 3. The molecule has 8 nitrogen and oxygen atoms in total. The van der Waals surface area contributed by atoms with Crippen LogP contribution < -0.4 is 9.91 Å². The largest absolute Gasteiger partial charge is 0.287 e. The van der Waals surface area contributed by atoms with Crippen molar-refractivity contribution in [1.82, 2.24) is 10.0 Å². The summed E-state index contributed by atoms with van der Waals surface area (Å²) in [6.45, 7) is 5.35. The van der Waals surface area contributed by atoms with Gasteiger partial charge in [-0.3, -0.25) is 19.3 Å². The van der Waals surface area contributed by atoms with E-state index in [2.05, 4.69) is 5.10 Å². The molecular formula is C17H20ClN5O3. The zero-order valence-electron chi connectivity index (χ0n) is 14.9. The molecule has 0 aliphatic carbocycles. The van der Waals surface area contributed by atoms with Gasteiger partial charge < -0.3 is 0 Å². The molecule has 0 unspecified atom stereocenters. The number of benzene rings is 1. The standard InChI is InChI=1S/C17H20ClN5O3/c1-4-14(24)21-10-20-12-8-7-11(18)9-13(12)22(15(25)5-2)23(16(26)6-3)17(20)19-21/h7-9H,4-6,10H2,1-3H3. The molecule has 0 saturated carbocycles. The number of carbonyl (C=O) groups excluding carboxylic acids is 3. The van der Waals surface area contributed by atoms with E-state index in [0.29, 0.717) is 16.4 Å². The number of fused-ring (bicyclic) bond motifs is 3. The molecule has 1 aromatic carbocycles. The first-order chi connectivity index (χ1) is 12.4. The number of hydrazine groups is 1. The van der Waals surface area contributed by atoms with Gasteiger partial charge in [0.25, 0.3) is 5.96 Å². The zero-order valence-corrected chi connectivity index (χ0v) is 15.7. The fourth-order valence-electron chi connectivity index (χ4n) is 2.91. The fourth-order valence-corrected chi connectivity index (χ4v) is 3.08. The molecule has 0 aromatic heterocycles. The molecule has 0 saturated heterocycles. The Bertz CT molecular complexity index is 810. The van der Waals surface area contributed by atoms with Gasteiger partial charge in [-0.25, -0.2) is 10.0 Å². The number of anilines is 2. The summed E-state index contributed by atoms with van der Waals surface area (Å²) in [5.41, 5.74) is 1.16. The van der Waals surface area contributed by atoms with Crippen molar-refractivity contribution in [3.05, 3.63) is 23.2 Å². The SMILES string of the molecule is CCC(=O)N1CN2C(=N1)N(C(=O)CC)N(C(=O)CC)c1cc(Cl)ccc12. The number of nitrogens with zero attached hydrogens (tertiary/aromatic N) is 5. The van der Waals surface area contributed by atoms with Gasteiger partial charge in [-0.2, -0.15) is 5.01 Å². The molecule has 3 rings (SSSR count). The monoisotopic (exact) mass is 377 g/mol. The van der Waals surface area contributed by atoms with Crippen LogP contribution in [-0.4, -0.2) is 40.4 Å². The molecule has 1 aromatic rings. The highest BCUT2D eigenvalue weighted by Gasteiger charge is 2.44. The summed E-state index contributed by atoms with van der Waals surface area (Å²) in [5, 5.41) is 8.63. The Hall–Kier alpha value is -2.61. The van der Waals surface area contributed by atoms with Crippen LogP contribution in [0.5, 0.6) is 0 Å². The van der Waals surface area contributed by atoms with Crippen molar-refractivity contribution < 1.29 is 14.4 Å². The molecule has 0 fully saturated rings. The summed E-state index contributed by atoms with van der Waals surface area (Å²) in [7, 11) is 0. The average Bonchev–Trinajstić information content (AvgIpc) is 3.09. The van der Waals surface area contributed by atoms with Gasteiger partial charge in [0.05, 0.1) is 11.4 Å². The summed E-state index contributed by atoms with van der Waals surface area (Å²) in [5.74, 6) is -0.486. The Morgan fingerprint density at radius 2 is 1.58 bits per heavy atom. The van der Waals surface area contributed by atoms with Crippen LogP contribution in [0.25, 0.3) is 0 Å². The van der Waals surface area contributed by atoms with Gasteiger partial charge in [0.2, 0.25) is 17.7 Å². The maximum atomic E-state index is 12.7. The second-order valence-electron chi connectivity index (χ2n) is 5.87. The summed E-state index contributed by atoms with van der Waals surface area (Å²) in [6, 6.07) is 5.10.